The first kappa shape index (κ1) is 24.3. The maximum Gasteiger partial charge on any atom is 0.397 e. The molecule has 0 saturated heterocycles. The third-order valence-corrected chi connectivity index (χ3v) is 10.4. The molecule has 3 aliphatic heterocycles. The maximum atomic E-state index is 6.83. The molecule has 4 aromatic heterocycles. The van der Waals surface area contributed by atoms with Crippen molar-refractivity contribution in [1.29, 1.82) is 0 Å². The van der Waals surface area contributed by atoms with Gasteiger partial charge in [-0.25, -0.2) is 0 Å². The molecule has 11 rings (SSSR count). The van der Waals surface area contributed by atoms with Crippen LogP contribution in [0, 0.1) is 13.8 Å². The molecule has 6 nitrogen and oxygen atoms in total. The standard InChI is InChI=1S/C40H27N5O/c1-24-36(27-18-20-30(41-23-27)26-11-4-3-5-12-26)25(2)45-40-37-32(44(24)45)15-10-16-33(37)46-34-21-19-29-28-13-6-7-14-31(28)43(39(29)38(34)40)35-17-8-9-22-42(35)40/h3-23H,1-2H3/q+2. The van der Waals surface area contributed by atoms with Gasteiger partial charge < -0.3 is 4.74 Å². The zero-order valence-electron chi connectivity index (χ0n) is 25.3. The van der Waals surface area contributed by atoms with Crippen molar-refractivity contribution in [2.24, 2.45) is 0 Å². The molecule has 1 spiro atoms. The van der Waals surface area contributed by atoms with Crippen molar-refractivity contribution in [2.75, 3.05) is 0 Å². The average Bonchev–Trinajstić information content (AvgIpc) is 3.70. The zero-order valence-corrected chi connectivity index (χ0v) is 25.3. The van der Waals surface area contributed by atoms with Gasteiger partial charge in [-0.2, -0.15) is 9.13 Å². The molecule has 0 amide bonds. The number of rotatable bonds is 2. The van der Waals surface area contributed by atoms with Gasteiger partial charge in [-0.3, -0.25) is 4.98 Å². The largest absolute Gasteiger partial charge is 0.456 e. The second-order valence-corrected chi connectivity index (χ2v) is 12.5. The lowest BCUT2D eigenvalue weighted by Gasteiger charge is -2.33. The van der Waals surface area contributed by atoms with Crippen molar-refractivity contribution in [3.63, 3.8) is 0 Å². The van der Waals surface area contributed by atoms with Gasteiger partial charge in [0.1, 0.15) is 28.3 Å². The minimum absolute atomic E-state index is 0.704. The van der Waals surface area contributed by atoms with Crippen molar-refractivity contribution in [1.82, 2.24) is 14.2 Å². The highest BCUT2D eigenvalue weighted by molar-refractivity contribution is 6.11. The van der Waals surface area contributed by atoms with Crippen LogP contribution in [0.15, 0.2) is 128 Å². The predicted molar refractivity (Wildman–Crippen MR) is 177 cm³/mol. The summed E-state index contributed by atoms with van der Waals surface area (Å²) in [6, 6.07) is 40.8. The maximum absolute atomic E-state index is 6.83. The molecule has 1 atom stereocenters. The SMILES string of the molecule is Cc1c(-c2ccc(-c3ccccc3)nc2)c(C)[n+]2n1-c1cccc3c1C21c2c(ccc4c5ccccc5n(c24)-c2cccc[n+]21)O3. The molecule has 0 bridgehead atoms. The lowest BCUT2D eigenvalue weighted by Crippen LogP contribution is -2.77. The van der Waals surface area contributed by atoms with Gasteiger partial charge in [0.15, 0.2) is 11.1 Å². The van der Waals surface area contributed by atoms with E-state index < -0.39 is 5.66 Å². The molecule has 4 aromatic carbocycles. The van der Waals surface area contributed by atoms with Crippen molar-refractivity contribution in [3.05, 3.63) is 150 Å². The highest BCUT2D eigenvalue weighted by Gasteiger charge is 2.69. The molecule has 0 saturated carbocycles. The number of ether oxygens (including phenoxy) is 1. The molecule has 3 aliphatic rings. The van der Waals surface area contributed by atoms with Gasteiger partial charge in [0.2, 0.25) is 5.69 Å². The highest BCUT2D eigenvalue weighted by Crippen LogP contribution is 2.56. The molecular weight excluding hydrogens is 566 g/mol. The van der Waals surface area contributed by atoms with Crippen molar-refractivity contribution < 1.29 is 14.0 Å². The minimum atomic E-state index is -0.704. The van der Waals surface area contributed by atoms with Crippen LogP contribution in [0.1, 0.15) is 22.5 Å². The van der Waals surface area contributed by atoms with E-state index >= 15 is 0 Å². The quantitative estimate of drug-likeness (QED) is 0.195. The molecule has 0 aliphatic carbocycles. The van der Waals surface area contributed by atoms with Gasteiger partial charge in [0.05, 0.1) is 23.1 Å². The number of fused-ring (bicyclic) bond motifs is 7. The third kappa shape index (κ3) is 2.61. The first-order chi connectivity index (χ1) is 22.7. The van der Waals surface area contributed by atoms with E-state index in [4.69, 9.17) is 9.72 Å². The van der Waals surface area contributed by atoms with Crippen molar-refractivity contribution >= 4 is 21.8 Å². The van der Waals surface area contributed by atoms with Crippen LogP contribution >= 0.6 is 0 Å². The Labute approximate surface area is 264 Å². The summed E-state index contributed by atoms with van der Waals surface area (Å²) in [5.74, 6) is 2.90. The number of hydrogen-bond donors (Lipinski definition) is 0. The molecular formula is C40H27N5O+2. The first-order valence-electron chi connectivity index (χ1n) is 15.7. The van der Waals surface area contributed by atoms with E-state index in [1.165, 1.54) is 49.9 Å². The molecule has 7 heterocycles. The number of benzene rings is 4. The van der Waals surface area contributed by atoms with Gasteiger partial charge >= 0.3 is 5.66 Å². The van der Waals surface area contributed by atoms with Crippen LogP contribution in [0.5, 0.6) is 11.5 Å². The minimum Gasteiger partial charge on any atom is -0.456 e. The molecule has 8 aromatic rings. The van der Waals surface area contributed by atoms with E-state index in [2.05, 4.69) is 148 Å². The smallest absolute Gasteiger partial charge is 0.397 e. The molecule has 216 valence electrons. The Morgan fingerprint density at radius 1 is 0.696 bits per heavy atom. The fourth-order valence-electron chi connectivity index (χ4n) is 8.71. The van der Waals surface area contributed by atoms with Gasteiger partial charge in [-0.05, 0) is 55.5 Å². The topological polar surface area (TPSA) is 39.7 Å². The summed E-state index contributed by atoms with van der Waals surface area (Å²) in [5.41, 5.74) is 11.9. The van der Waals surface area contributed by atoms with Gasteiger partial charge in [0, 0.05) is 41.1 Å². The molecule has 1 unspecified atom stereocenters. The molecule has 0 N–H and O–H groups in total. The van der Waals surface area contributed by atoms with Gasteiger partial charge in [0.25, 0.3) is 5.82 Å². The normalized spacial score (nSPS) is 16.3. The third-order valence-electron chi connectivity index (χ3n) is 10.4. The number of nitrogens with zero attached hydrogens (tertiary/aromatic N) is 5. The molecule has 0 fully saturated rings. The summed E-state index contributed by atoms with van der Waals surface area (Å²) in [5, 5.41) is 2.47. The Balaban J connectivity index is 1.29. The summed E-state index contributed by atoms with van der Waals surface area (Å²) in [4.78, 5) is 4.94. The van der Waals surface area contributed by atoms with Crippen LogP contribution in [0.25, 0.3) is 55.7 Å². The van der Waals surface area contributed by atoms with E-state index in [-0.39, 0.29) is 0 Å². The van der Waals surface area contributed by atoms with E-state index in [1.807, 2.05) is 12.3 Å². The predicted octanol–water partition coefficient (Wildman–Crippen LogP) is 7.53. The lowest BCUT2D eigenvalue weighted by atomic mass is 9.84. The molecule has 46 heavy (non-hydrogen) atoms. The number of para-hydroxylation sites is 1. The van der Waals surface area contributed by atoms with Crippen LogP contribution < -0.4 is 14.0 Å². The Kier molecular flexibility index (Phi) is 4.32. The number of aromatic nitrogens is 5. The average molecular weight is 594 g/mol. The number of hydrogen-bond acceptors (Lipinski definition) is 2. The second-order valence-electron chi connectivity index (χ2n) is 12.5. The Bertz CT molecular complexity index is 2630. The van der Waals surface area contributed by atoms with E-state index in [0.717, 1.165) is 39.8 Å². The van der Waals surface area contributed by atoms with Crippen LogP contribution in [-0.2, 0) is 5.66 Å². The Hall–Kier alpha value is -6.01. The lowest BCUT2D eigenvalue weighted by molar-refractivity contribution is -0.995. The zero-order chi connectivity index (χ0) is 30.3. The van der Waals surface area contributed by atoms with Crippen LogP contribution in [0.4, 0.5) is 0 Å². The Morgan fingerprint density at radius 2 is 1.52 bits per heavy atom. The van der Waals surface area contributed by atoms with E-state index in [9.17, 15) is 0 Å². The van der Waals surface area contributed by atoms with Crippen molar-refractivity contribution in [2.45, 2.75) is 19.5 Å². The second kappa shape index (κ2) is 8.17. The van der Waals surface area contributed by atoms with Crippen LogP contribution in [0.3, 0.4) is 0 Å². The summed E-state index contributed by atoms with van der Waals surface area (Å²) in [7, 11) is 0. The first-order valence-corrected chi connectivity index (χ1v) is 15.7. The fourth-order valence-corrected chi connectivity index (χ4v) is 8.71. The number of pyridine rings is 2. The van der Waals surface area contributed by atoms with Gasteiger partial charge in [-0.15, -0.1) is 4.68 Å². The monoisotopic (exact) mass is 593 g/mol. The summed E-state index contributed by atoms with van der Waals surface area (Å²) >= 11 is 0. The summed E-state index contributed by atoms with van der Waals surface area (Å²) < 4.78 is 16.6. The van der Waals surface area contributed by atoms with E-state index in [1.54, 1.807) is 0 Å². The van der Waals surface area contributed by atoms with E-state index in [0.29, 0.717) is 0 Å². The van der Waals surface area contributed by atoms with Crippen LogP contribution in [0.2, 0.25) is 0 Å². The summed E-state index contributed by atoms with van der Waals surface area (Å²) in [6.45, 7) is 4.49. The van der Waals surface area contributed by atoms with Crippen molar-refractivity contribution in [3.8, 4) is 45.4 Å². The van der Waals surface area contributed by atoms with Gasteiger partial charge in [-0.1, -0.05) is 65.3 Å². The molecule has 0 radical (unpaired) electrons. The Morgan fingerprint density at radius 3 is 2.39 bits per heavy atom. The fraction of sp³-hybridized carbons (Fsp3) is 0.0750. The highest BCUT2D eigenvalue weighted by atomic mass is 16.5. The van der Waals surface area contributed by atoms with Crippen LogP contribution in [-0.4, -0.2) is 14.2 Å². The summed E-state index contributed by atoms with van der Waals surface area (Å²) in [6.07, 6.45) is 4.26. The molecule has 6 heteroatoms.